The molecule has 1 aromatic heterocycles. The summed E-state index contributed by atoms with van der Waals surface area (Å²) >= 11 is 0. The van der Waals surface area contributed by atoms with Crippen LogP contribution in [-0.4, -0.2) is 73.6 Å². The van der Waals surface area contributed by atoms with E-state index in [-0.39, 0.29) is 18.1 Å². The number of amides is 1. The zero-order valence-electron chi connectivity index (χ0n) is 18.9. The lowest BCUT2D eigenvalue weighted by atomic mass is 9.85. The van der Waals surface area contributed by atoms with Crippen LogP contribution < -0.4 is 10.1 Å². The van der Waals surface area contributed by atoms with Crippen molar-refractivity contribution in [3.05, 3.63) is 48.0 Å². The first-order valence-electron chi connectivity index (χ1n) is 11.6. The Bertz CT molecular complexity index is 893. The summed E-state index contributed by atoms with van der Waals surface area (Å²) in [6.07, 6.45) is 5.55. The van der Waals surface area contributed by atoms with E-state index in [9.17, 15) is 9.18 Å². The van der Waals surface area contributed by atoms with Gasteiger partial charge in [0.2, 0.25) is 5.91 Å². The highest BCUT2D eigenvalue weighted by atomic mass is 19.1. The predicted octanol–water partition coefficient (Wildman–Crippen LogP) is 2.97. The van der Waals surface area contributed by atoms with E-state index in [2.05, 4.69) is 27.1 Å². The number of halogens is 1. The molecule has 1 amide bonds. The minimum absolute atomic E-state index is 0.0126. The summed E-state index contributed by atoms with van der Waals surface area (Å²) in [7, 11) is 2.13. The number of rotatable bonds is 9. The molecule has 2 aliphatic rings. The summed E-state index contributed by atoms with van der Waals surface area (Å²) in [5.74, 6) is 0.820. The van der Waals surface area contributed by atoms with Crippen LogP contribution in [0.2, 0.25) is 0 Å². The Morgan fingerprint density at radius 2 is 2.00 bits per heavy atom. The largest absolute Gasteiger partial charge is 0.492 e. The van der Waals surface area contributed by atoms with E-state index in [4.69, 9.17) is 4.74 Å². The zero-order chi connectivity index (χ0) is 22.3. The van der Waals surface area contributed by atoms with Gasteiger partial charge < -0.3 is 15.0 Å². The first kappa shape index (κ1) is 22.7. The van der Waals surface area contributed by atoms with Crippen LogP contribution in [-0.2, 0) is 11.2 Å². The van der Waals surface area contributed by atoms with Gasteiger partial charge in [0, 0.05) is 68.4 Å². The van der Waals surface area contributed by atoms with Gasteiger partial charge in [0.05, 0.1) is 6.42 Å². The molecule has 0 radical (unpaired) electrons. The van der Waals surface area contributed by atoms with Gasteiger partial charge in [0.25, 0.3) is 0 Å². The number of nitrogens with one attached hydrogen (secondary N) is 1. The van der Waals surface area contributed by atoms with Crippen LogP contribution in [0.4, 0.5) is 4.39 Å². The molecule has 32 heavy (non-hydrogen) atoms. The van der Waals surface area contributed by atoms with Crippen molar-refractivity contribution in [3.63, 3.8) is 0 Å². The van der Waals surface area contributed by atoms with Gasteiger partial charge in [0.15, 0.2) is 0 Å². The van der Waals surface area contributed by atoms with Crippen molar-refractivity contribution in [1.82, 2.24) is 20.1 Å². The molecule has 4 rings (SSSR count). The van der Waals surface area contributed by atoms with Crippen LogP contribution in [0.5, 0.6) is 5.75 Å². The Morgan fingerprint density at radius 1 is 1.19 bits per heavy atom. The summed E-state index contributed by atoms with van der Waals surface area (Å²) in [4.78, 5) is 21.1. The number of hydrogen-bond acceptors (Lipinski definition) is 5. The Balaban J connectivity index is 1.26. The van der Waals surface area contributed by atoms with Crippen molar-refractivity contribution in [3.8, 4) is 16.9 Å². The van der Waals surface area contributed by atoms with Gasteiger partial charge in [-0.2, -0.15) is 0 Å². The Hall–Kier alpha value is -2.51. The highest BCUT2D eigenvalue weighted by Crippen LogP contribution is 2.26. The zero-order valence-corrected chi connectivity index (χ0v) is 18.9. The second-order valence-electron chi connectivity index (χ2n) is 8.95. The number of benzene rings is 1. The van der Waals surface area contributed by atoms with E-state index >= 15 is 0 Å². The topological polar surface area (TPSA) is 57.7 Å². The quantitative estimate of drug-likeness (QED) is 0.650. The molecule has 1 aromatic carbocycles. The fraction of sp³-hybridized carbons (Fsp3) is 0.520. The summed E-state index contributed by atoms with van der Waals surface area (Å²) in [5.41, 5.74) is 1.85. The first-order chi connectivity index (χ1) is 15.6. The molecule has 0 atom stereocenters. The Labute approximate surface area is 189 Å². The van der Waals surface area contributed by atoms with Crippen LogP contribution in [0.15, 0.2) is 36.5 Å². The van der Waals surface area contributed by atoms with E-state index in [1.54, 1.807) is 24.4 Å². The smallest absolute Gasteiger partial charge is 0.226 e. The van der Waals surface area contributed by atoms with Crippen molar-refractivity contribution in [2.24, 2.45) is 5.92 Å². The second kappa shape index (κ2) is 10.9. The lowest BCUT2D eigenvalue weighted by molar-refractivity contribution is -0.120. The molecule has 1 saturated heterocycles. The summed E-state index contributed by atoms with van der Waals surface area (Å²) in [6.45, 7) is 6.36. The first-order valence-corrected chi connectivity index (χ1v) is 11.6. The maximum Gasteiger partial charge on any atom is 0.226 e. The summed E-state index contributed by atoms with van der Waals surface area (Å²) < 4.78 is 20.5. The van der Waals surface area contributed by atoms with Gasteiger partial charge in [0.1, 0.15) is 18.2 Å². The van der Waals surface area contributed by atoms with Gasteiger partial charge in [-0.3, -0.25) is 14.7 Å². The molecule has 2 fully saturated rings. The molecule has 6 nitrogen and oxygen atoms in total. The van der Waals surface area contributed by atoms with Crippen molar-refractivity contribution in [2.45, 2.75) is 25.7 Å². The summed E-state index contributed by atoms with van der Waals surface area (Å²) in [5, 5.41) is 2.98. The van der Waals surface area contributed by atoms with E-state index in [1.165, 1.54) is 25.3 Å². The number of pyridine rings is 1. The SMILES string of the molecule is CN1CCN(CCOc2ccc(-c3ccc(CC(=O)NCC4CCC4)nc3)c(F)c2)CC1. The fourth-order valence-electron chi connectivity index (χ4n) is 4.05. The number of nitrogens with zero attached hydrogens (tertiary/aromatic N) is 3. The molecule has 0 bridgehead atoms. The van der Waals surface area contributed by atoms with E-state index in [0.29, 0.717) is 35.1 Å². The van der Waals surface area contributed by atoms with Gasteiger partial charge in [-0.15, -0.1) is 0 Å². The van der Waals surface area contributed by atoms with Crippen molar-refractivity contribution >= 4 is 5.91 Å². The van der Waals surface area contributed by atoms with Gasteiger partial charge >= 0.3 is 0 Å². The van der Waals surface area contributed by atoms with Gasteiger partial charge in [-0.1, -0.05) is 12.5 Å². The Morgan fingerprint density at radius 3 is 2.66 bits per heavy atom. The number of aromatic nitrogens is 1. The number of hydrogen-bond donors (Lipinski definition) is 1. The van der Waals surface area contributed by atoms with Crippen LogP contribution in [0.3, 0.4) is 0 Å². The standard InChI is InChI=1S/C25H33FN4O2/c1-29-9-11-30(12-10-29)13-14-32-22-7-8-23(24(26)16-22)20-5-6-21(27-18-20)15-25(31)28-17-19-3-2-4-19/h5-8,16,18-19H,2-4,9-15,17H2,1H3,(H,28,31). The summed E-state index contributed by atoms with van der Waals surface area (Å²) in [6, 6.07) is 8.56. The number of carbonyl (C=O) groups excluding carboxylic acids is 1. The van der Waals surface area contributed by atoms with Gasteiger partial charge in [-0.25, -0.2) is 4.39 Å². The van der Waals surface area contributed by atoms with E-state index in [0.717, 1.165) is 39.3 Å². The third kappa shape index (κ3) is 6.26. The number of carbonyl (C=O) groups is 1. The Kier molecular flexibility index (Phi) is 7.71. The number of likely N-dealkylation sites (N-methyl/N-ethyl adjacent to an activating group) is 1. The molecule has 1 N–H and O–H groups in total. The second-order valence-corrected chi connectivity index (χ2v) is 8.95. The minimum Gasteiger partial charge on any atom is -0.492 e. The van der Waals surface area contributed by atoms with E-state index < -0.39 is 0 Å². The van der Waals surface area contributed by atoms with Gasteiger partial charge in [-0.05, 0) is 44.0 Å². The minimum atomic E-state index is -0.338. The van der Waals surface area contributed by atoms with Crippen LogP contribution >= 0.6 is 0 Å². The maximum absolute atomic E-state index is 14.7. The van der Waals surface area contributed by atoms with E-state index in [1.807, 2.05) is 6.07 Å². The van der Waals surface area contributed by atoms with Crippen LogP contribution in [0.25, 0.3) is 11.1 Å². The third-order valence-corrected chi connectivity index (χ3v) is 6.50. The number of ether oxygens (including phenoxy) is 1. The number of piperazine rings is 1. The molecule has 1 aliphatic heterocycles. The lowest BCUT2D eigenvalue weighted by Crippen LogP contribution is -2.45. The molecule has 2 aromatic rings. The third-order valence-electron chi connectivity index (χ3n) is 6.50. The van der Waals surface area contributed by atoms with Crippen molar-refractivity contribution < 1.29 is 13.9 Å². The highest BCUT2D eigenvalue weighted by Gasteiger charge is 2.18. The predicted molar refractivity (Wildman–Crippen MR) is 123 cm³/mol. The molecular formula is C25H33FN4O2. The molecule has 0 unspecified atom stereocenters. The van der Waals surface area contributed by atoms with Crippen LogP contribution in [0, 0.1) is 11.7 Å². The molecular weight excluding hydrogens is 407 g/mol. The lowest BCUT2D eigenvalue weighted by Gasteiger charge is -2.32. The average molecular weight is 441 g/mol. The van der Waals surface area contributed by atoms with Crippen LogP contribution in [0.1, 0.15) is 25.0 Å². The molecule has 172 valence electrons. The fourth-order valence-corrected chi connectivity index (χ4v) is 4.05. The monoisotopic (exact) mass is 440 g/mol. The molecule has 1 saturated carbocycles. The normalized spacial score (nSPS) is 17.7. The van der Waals surface area contributed by atoms with Crippen molar-refractivity contribution in [1.29, 1.82) is 0 Å². The molecule has 2 heterocycles. The highest BCUT2D eigenvalue weighted by molar-refractivity contribution is 5.78. The molecule has 0 spiro atoms. The molecule has 1 aliphatic carbocycles. The van der Waals surface area contributed by atoms with Crippen molar-refractivity contribution in [2.75, 3.05) is 52.9 Å². The average Bonchev–Trinajstić information content (AvgIpc) is 2.75. The maximum atomic E-state index is 14.7. The molecule has 7 heteroatoms.